The van der Waals surface area contributed by atoms with E-state index in [-0.39, 0.29) is 12.3 Å². The molecule has 1 aromatic rings. The Kier molecular flexibility index (Phi) is 3.12. The SMILES string of the molecule is COc1c(F)cc(C)c(Cl)c1CN. The third-order valence-corrected chi connectivity index (χ3v) is 2.38. The Morgan fingerprint density at radius 1 is 1.62 bits per heavy atom. The zero-order valence-corrected chi connectivity index (χ0v) is 8.28. The van der Waals surface area contributed by atoms with Crippen LogP contribution in [0.4, 0.5) is 4.39 Å². The Labute approximate surface area is 81.4 Å². The lowest BCUT2D eigenvalue weighted by atomic mass is 10.1. The minimum absolute atomic E-state index is 0.137. The lowest BCUT2D eigenvalue weighted by Crippen LogP contribution is -2.04. The highest BCUT2D eigenvalue weighted by atomic mass is 35.5. The molecule has 2 nitrogen and oxygen atoms in total. The van der Waals surface area contributed by atoms with Gasteiger partial charge in [-0.3, -0.25) is 0 Å². The molecule has 72 valence electrons. The van der Waals surface area contributed by atoms with Crippen molar-refractivity contribution in [2.24, 2.45) is 5.73 Å². The second-order valence-corrected chi connectivity index (χ2v) is 3.08. The molecule has 0 radical (unpaired) electrons. The number of aryl methyl sites for hydroxylation is 1. The van der Waals surface area contributed by atoms with Crippen molar-refractivity contribution in [2.45, 2.75) is 13.5 Å². The van der Waals surface area contributed by atoms with E-state index in [0.717, 1.165) is 0 Å². The molecule has 0 amide bonds. The summed E-state index contributed by atoms with van der Waals surface area (Å²) in [6.45, 7) is 1.89. The monoisotopic (exact) mass is 203 g/mol. The molecule has 4 heteroatoms. The van der Waals surface area contributed by atoms with Crippen LogP contribution < -0.4 is 10.5 Å². The molecule has 0 unspecified atom stereocenters. The van der Waals surface area contributed by atoms with Gasteiger partial charge in [0.25, 0.3) is 0 Å². The fourth-order valence-electron chi connectivity index (χ4n) is 1.20. The van der Waals surface area contributed by atoms with Gasteiger partial charge in [0.2, 0.25) is 0 Å². The van der Waals surface area contributed by atoms with Gasteiger partial charge in [0.05, 0.1) is 12.1 Å². The van der Waals surface area contributed by atoms with E-state index < -0.39 is 5.82 Å². The fraction of sp³-hybridized carbons (Fsp3) is 0.333. The van der Waals surface area contributed by atoms with Crippen LogP contribution in [-0.4, -0.2) is 7.11 Å². The highest BCUT2D eigenvalue weighted by Crippen LogP contribution is 2.31. The van der Waals surface area contributed by atoms with Crippen molar-refractivity contribution in [1.29, 1.82) is 0 Å². The van der Waals surface area contributed by atoms with Crippen molar-refractivity contribution in [3.8, 4) is 5.75 Å². The summed E-state index contributed by atoms with van der Waals surface area (Å²) in [4.78, 5) is 0. The summed E-state index contributed by atoms with van der Waals surface area (Å²) >= 11 is 5.92. The third kappa shape index (κ3) is 1.76. The number of methoxy groups -OCH3 is 1. The largest absolute Gasteiger partial charge is 0.493 e. The molecule has 0 fully saturated rings. The molecule has 2 N–H and O–H groups in total. The van der Waals surface area contributed by atoms with Gasteiger partial charge in [0.15, 0.2) is 11.6 Å². The highest BCUT2D eigenvalue weighted by molar-refractivity contribution is 6.32. The second kappa shape index (κ2) is 3.94. The average Bonchev–Trinajstić information content (AvgIpc) is 2.10. The lowest BCUT2D eigenvalue weighted by Gasteiger charge is -2.11. The van der Waals surface area contributed by atoms with Gasteiger partial charge in [0.1, 0.15) is 0 Å². The Morgan fingerprint density at radius 2 is 2.23 bits per heavy atom. The molecule has 0 saturated carbocycles. The predicted molar refractivity (Wildman–Crippen MR) is 50.6 cm³/mol. The molecule has 0 heterocycles. The van der Waals surface area contributed by atoms with Gasteiger partial charge in [-0.05, 0) is 18.6 Å². The van der Waals surface area contributed by atoms with Gasteiger partial charge < -0.3 is 10.5 Å². The van der Waals surface area contributed by atoms with E-state index >= 15 is 0 Å². The summed E-state index contributed by atoms with van der Waals surface area (Å²) in [5.74, 6) is -0.289. The number of rotatable bonds is 2. The van der Waals surface area contributed by atoms with E-state index in [1.165, 1.54) is 13.2 Å². The van der Waals surface area contributed by atoms with E-state index in [2.05, 4.69) is 0 Å². The number of halogens is 2. The minimum atomic E-state index is -0.426. The van der Waals surface area contributed by atoms with Crippen LogP contribution in [0.1, 0.15) is 11.1 Å². The summed E-state index contributed by atoms with van der Waals surface area (Å²) in [5.41, 5.74) is 6.62. The summed E-state index contributed by atoms with van der Waals surface area (Å²) in [5, 5.41) is 0.473. The number of ether oxygens (including phenoxy) is 1. The first-order valence-corrected chi connectivity index (χ1v) is 4.21. The summed E-state index contributed by atoms with van der Waals surface area (Å²) in [6, 6.07) is 1.33. The Bertz CT molecular complexity index is 328. The van der Waals surface area contributed by atoms with E-state index in [1.807, 2.05) is 0 Å². The van der Waals surface area contributed by atoms with Crippen LogP contribution in [0, 0.1) is 12.7 Å². The van der Waals surface area contributed by atoms with Crippen LogP contribution in [0.5, 0.6) is 5.75 Å². The van der Waals surface area contributed by atoms with Crippen LogP contribution in [0.15, 0.2) is 6.07 Å². The quantitative estimate of drug-likeness (QED) is 0.800. The first-order chi connectivity index (χ1) is 6.11. The van der Waals surface area contributed by atoms with Crippen molar-refractivity contribution in [3.05, 3.63) is 28.0 Å². The molecule has 0 saturated heterocycles. The lowest BCUT2D eigenvalue weighted by molar-refractivity contribution is 0.381. The van der Waals surface area contributed by atoms with Gasteiger partial charge in [-0.1, -0.05) is 11.6 Å². The molecule has 0 aliphatic carbocycles. The fourth-order valence-corrected chi connectivity index (χ4v) is 1.42. The normalized spacial score (nSPS) is 10.2. The molecule has 0 spiro atoms. The van der Waals surface area contributed by atoms with Crippen LogP contribution in [0.25, 0.3) is 0 Å². The number of benzene rings is 1. The van der Waals surface area contributed by atoms with Crippen molar-refractivity contribution in [1.82, 2.24) is 0 Å². The highest BCUT2D eigenvalue weighted by Gasteiger charge is 2.14. The molecule has 13 heavy (non-hydrogen) atoms. The van der Waals surface area contributed by atoms with Crippen molar-refractivity contribution in [3.63, 3.8) is 0 Å². The average molecular weight is 204 g/mol. The minimum Gasteiger partial charge on any atom is -0.493 e. The Morgan fingerprint density at radius 3 is 2.69 bits per heavy atom. The van der Waals surface area contributed by atoms with Crippen LogP contribution in [0.2, 0.25) is 5.02 Å². The zero-order chi connectivity index (χ0) is 10.0. The molecule has 1 aromatic carbocycles. The van der Waals surface area contributed by atoms with E-state index in [0.29, 0.717) is 16.1 Å². The maximum Gasteiger partial charge on any atom is 0.165 e. The van der Waals surface area contributed by atoms with Gasteiger partial charge in [-0.2, -0.15) is 0 Å². The molecule has 0 aromatic heterocycles. The Hall–Kier alpha value is -0.800. The maximum absolute atomic E-state index is 13.2. The van der Waals surface area contributed by atoms with Crippen molar-refractivity contribution < 1.29 is 9.13 Å². The molecular formula is C9H11ClFNO. The molecule has 0 bridgehead atoms. The molecule has 1 rings (SSSR count). The van der Waals surface area contributed by atoms with Gasteiger partial charge >= 0.3 is 0 Å². The topological polar surface area (TPSA) is 35.2 Å². The van der Waals surface area contributed by atoms with Gasteiger partial charge in [-0.15, -0.1) is 0 Å². The van der Waals surface area contributed by atoms with Crippen LogP contribution >= 0.6 is 11.6 Å². The number of hydrogen-bond donors (Lipinski definition) is 1. The first-order valence-electron chi connectivity index (χ1n) is 3.83. The number of hydrogen-bond acceptors (Lipinski definition) is 2. The summed E-state index contributed by atoms with van der Waals surface area (Å²) < 4.78 is 18.1. The van der Waals surface area contributed by atoms with Crippen molar-refractivity contribution >= 4 is 11.6 Å². The van der Waals surface area contributed by atoms with Crippen LogP contribution in [0.3, 0.4) is 0 Å². The third-order valence-electron chi connectivity index (χ3n) is 1.85. The summed E-state index contributed by atoms with van der Waals surface area (Å²) in [7, 11) is 1.39. The van der Waals surface area contributed by atoms with Crippen LogP contribution in [-0.2, 0) is 6.54 Å². The molecular weight excluding hydrogens is 193 g/mol. The molecule has 0 aliphatic heterocycles. The van der Waals surface area contributed by atoms with Gasteiger partial charge in [-0.25, -0.2) is 4.39 Å². The van der Waals surface area contributed by atoms with E-state index in [9.17, 15) is 4.39 Å². The van der Waals surface area contributed by atoms with Crippen molar-refractivity contribution in [2.75, 3.05) is 7.11 Å². The standard InChI is InChI=1S/C9H11ClFNO/c1-5-3-7(11)9(13-2)6(4-12)8(5)10/h3H,4,12H2,1-2H3. The molecule has 0 aliphatic rings. The smallest absolute Gasteiger partial charge is 0.165 e. The van der Waals surface area contributed by atoms with E-state index in [1.54, 1.807) is 6.92 Å². The second-order valence-electron chi connectivity index (χ2n) is 2.71. The predicted octanol–water partition coefficient (Wildman–Crippen LogP) is 2.25. The Balaban J connectivity index is 3.41. The van der Waals surface area contributed by atoms with Gasteiger partial charge in [0, 0.05) is 12.1 Å². The maximum atomic E-state index is 13.2. The zero-order valence-electron chi connectivity index (χ0n) is 7.53. The summed E-state index contributed by atoms with van der Waals surface area (Å²) in [6.07, 6.45) is 0. The van der Waals surface area contributed by atoms with E-state index in [4.69, 9.17) is 22.1 Å². The molecule has 0 atom stereocenters. The number of nitrogens with two attached hydrogens (primary N) is 1. The first kappa shape index (κ1) is 10.3.